The molecule has 0 fully saturated rings. The van der Waals surface area contributed by atoms with Crippen molar-refractivity contribution >= 4 is 10.8 Å². The summed E-state index contributed by atoms with van der Waals surface area (Å²) in [6.07, 6.45) is 0. The van der Waals surface area contributed by atoms with Crippen molar-refractivity contribution in [1.29, 1.82) is 0 Å². The summed E-state index contributed by atoms with van der Waals surface area (Å²) in [4.78, 5) is 0. The molecule has 3 aromatic rings. The fraction of sp³-hybridized carbons (Fsp3) is 0.273. The summed E-state index contributed by atoms with van der Waals surface area (Å²) in [5.74, 6) is 0. The Morgan fingerprint density at radius 1 is 0.545 bits per heavy atom. The fourth-order valence-corrected chi connectivity index (χ4v) is 2.43. The van der Waals surface area contributed by atoms with Crippen LogP contribution in [0.5, 0.6) is 0 Å². The van der Waals surface area contributed by atoms with Crippen LogP contribution in [0.4, 0.5) is 0 Å². The van der Waals surface area contributed by atoms with Gasteiger partial charge in [-0.1, -0.05) is 93.9 Å². The molecule has 3 aromatic carbocycles. The molecule has 0 aromatic heterocycles. The maximum Gasteiger partial charge on any atom is -0.0103 e. The van der Waals surface area contributed by atoms with Gasteiger partial charge in [-0.3, -0.25) is 0 Å². The monoisotopic (exact) mass is 292 g/mol. The molecular formula is C22H28. The average Bonchev–Trinajstić information content (AvgIpc) is 2.60. The lowest BCUT2D eigenvalue weighted by molar-refractivity contribution is 1.47. The molecule has 0 aliphatic rings. The van der Waals surface area contributed by atoms with Crippen LogP contribution >= 0.6 is 0 Å². The summed E-state index contributed by atoms with van der Waals surface area (Å²) in [5, 5.41) is 2.68. The summed E-state index contributed by atoms with van der Waals surface area (Å²) >= 11 is 0. The highest BCUT2D eigenvalue weighted by Crippen LogP contribution is 2.30. The van der Waals surface area contributed by atoms with E-state index in [9.17, 15) is 0 Å². The summed E-state index contributed by atoms with van der Waals surface area (Å²) in [5.41, 5.74) is 5.24. The van der Waals surface area contributed by atoms with Gasteiger partial charge >= 0.3 is 0 Å². The van der Waals surface area contributed by atoms with E-state index in [0.717, 1.165) is 0 Å². The van der Waals surface area contributed by atoms with Gasteiger partial charge in [-0.2, -0.15) is 0 Å². The van der Waals surface area contributed by atoms with Gasteiger partial charge in [-0.15, -0.1) is 0 Å². The van der Waals surface area contributed by atoms with E-state index in [4.69, 9.17) is 0 Å². The van der Waals surface area contributed by atoms with Gasteiger partial charge < -0.3 is 0 Å². The molecule has 0 heterocycles. The maximum atomic E-state index is 2.22. The van der Waals surface area contributed by atoms with Gasteiger partial charge in [0.1, 0.15) is 0 Å². The van der Waals surface area contributed by atoms with Gasteiger partial charge in [0.25, 0.3) is 0 Å². The third kappa shape index (κ3) is 3.98. The van der Waals surface area contributed by atoms with Crippen molar-refractivity contribution < 1.29 is 0 Å². The van der Waals surface area contributed by atoms with Crippen LogP contribution in [0.15, 0.2) is 60.7 Å². The Morgan fingerprint density at radius 2 is 1.09 bits per heavy atom. The third-order valence-electron chi connectivity index (χ3n) is 3.50. The Labute approximate surface area is 135 Å². The van der Waals surface area contributed by atoms with Crippen LogP contribution < -0.4 is 0 Å². The Morgan fingerprint density at radius 3 is 1.68 bits per heavy atom. The van der Waals surface area contributed by atoms with Crippen LogP contribution in [0.25, 0.3) is 21.9 Å². The molecule has 0 aliphatic carbocycles. The van der Waals surface area contributed by atoms with Crippen LogP contribution in [-0.2, 0) is 0 Å². The van der Waals surface area contributed by atoms with Crippen molar-refractivity contribution in [2.24, 2.45) is 0 Å². The van der Waals surface area contributed by atoms with Gasteiger partial charge in [-0.25, -0.2) is 0 Å². The number of hydrogen-bond acceptors (Lipinski definition) is 0. The predicted octanol–water partition coefficient (Wildman–Crippen LogP) is 7.18. The SMILES string of the molecule is CC.CC.Cc1ccc(-c2ccc(C)c3ccccc23)cc1. The van der Waals surface area contributed by atoms with Crippen molar-refractivity contribution in [1.82, 2.24) is 0 Å². The molecule has 0 spiro atoms. The second-order valence-electron chi connectivity index (χ2n) is 4.84. The molecule has 0 aliphatic heterocycles. The largest absolute Gasteiger partial charge is 0.0683 e. The molecule has 0 heteroatoms. The topological polar surface area (TPSA) is 0 Å². The summed E-state index contributed by atoms with van der Waals surface area (Å²) in [6, 6.07) is 21.8. The molecule has 0 nitrogen and oxygen atoms in total. The van der Waals surface area contributed by atoms with Crippen molar-refractivity contribution in [3.05, 3.63) is 71.8 Å². The second kappa shape index (κ2) is 9.04. The van der Waals surface area contributed by atoms with Crippen molar-refractivity contribution in [2.75, 3.05) is 0 Å². The molecule has 0 N–H and O–H groups in total. The Balaban J connectivity index is 0.000000561. The number of fused-ring (bicyclic) bond motifs is 1. The molecule has 0 saturated carbocycles. The van der Waals surface area contributed by atoms with Crippen LogP contribution in [0, 0.1) is 13.8 Å². The number of rotatable bonds is 1. The van der Waals surface area contributed by atoms with Gasteiger partial charge in [-0.05, 0) is 41.3 Å². The van der Waals surface area contributed by atoms with Gasteiger partial charge in [0, 0.05) is 0 Å². The minimum atomic E-state index is 1.29. The normalized spacial score (nSPS) is 9.36. The number of benzene rings is 3. The van der Waals surface area contributed by atoms with Crippen molar-refractivity contribution in [3.8, 4) is 11.1 Å². The highest BCUT2D eigenvalue weighted by Gasteiger charge is 2.04. The van der Waals surface area contributed by atoms with Crippen LogP contribution in [0.3, 0.4) is 0 Å². The van der Waals surface area contributed by atoms with Gasteiger partial charge in [0.2, 0.25) is 0 Å². The molecule has 3 rings (SSSR count). The first-order chi connectivity index (χ1) is 10.8. The molecule has 0 bridgehead atoms. The van der Waals surface area contributed by atoms with Crippen LogP contribution in [-0.4, -0.2) is 0 Å². The van der Waals surface area contributed by atoms with Crippen LogP contribution in [0.1, 0.15) is 38.8 Å². The summed E-state index contributed by atoms with van der Waals surface area (Å²) < 4.78 is 0. The Bertz CT molecular complexity index is 691. The molecular weight excluding hydrogens is 264 g/mol. The molecule has 0 saturated heterocycles. The third-order valence-corrected chi connectivity index (χ3v) is 3.50. The zero-order chi connectivity index (χ0) is 16.5. The first-order valence-corrected chi connectivity index (χ1v) is 8.31. The highest BCUT2D eigenvalue weighted by atomic mass is 14.1. The molecule has 0 atom stereocenters. The maximum absolute atomic E-state index is 2.22. The lowest BCUT2D eigenvalue weighted by atomic mass is 9.95. The van der Waals surface area contributed by atoms with Crippen molar-refractivity contribution in [2.45, 2.75) is 41.5 Å². The van der Waals surface area contributed by atoms with E-state index in [1.165, 1.54) is 33.0 Å². The van der Waals surface area contributed by atoms with Gasteiger partial charge in [0.05, 0.1) is 0 Å². The average molecular weight is 292 g/mol. The number of hydrogen-bond donors (Lipinski definition) is 0. The van der Waals surface area contributed by atoms with Crippen LogP contribution in [0.2, 0.25) is 0 Å². The van der Waals surface area contributed by atoms with E-state index in [-0.39, 0.29) is 0 Å². The van der Waals surface area contributed by atoms with E-state index in [1.54, 1.807) is 0 Å². The molecule has 0 amide bonds. The summed E-state index contributed by atoms with van der Waals surface area (Å²) in [6.45, 7) is 12.3. The predicted molar refractivity (Wildman–Crippen MR) is 102 cm³/mol. The quantitative estimate of drug-likeness (QED) is 0.445. The fourth-order valence-electron chi connectivity index (χ4n) is 2.43. The minimum absolute atomic E-state index is 1.29. The van der Waals surface area contributed by atoms with Gasteiger partial charge in [0.15, 0.2) is 0 Å². The second-order valence-corrected chi connectivity index (χ2v) is 4.84. The standard InChI is InChI=1S/C18H16.2C2H6/c1-13-7-10-15(11-8-13)17-12-9-14(2)16-5-3-4-6-18(16)17;2*1-2/h3-12H,1-2H3;2*1-2H3. The smallest absolute Gasteiger partial charge is 0.0103 e. The lowest BCUT2D eigenvalue weighted by Crippen LogP contribution is -1.84. The molecule has 0 unspecified atom stereocenters. The van der Waals surface area contributed by atoms with Crippen molar-refractivity contribution in [3.63, 3.8) is 0 Å². The van der Waals surface area contributed by atoms with E-state index in [2.05, 4.69) is 74.5 Å². The van der Waals surface area contributed by atoms with E-state index < -0.39 is 0 Å². The van der Waals surface area contributed by atoms with E-state index in [0.29, 0.717) is 0 Å². The first-order valence-electron chi connectivity index (χ1n) is 8.31. The number of aryl methyl sites for hydroxylation is 2. The molecule has 116 valence electrons. The Kier molecular flexibility index (Phi) is 7.39. The highest BCUT2D eigenvalue weighted by molar-refractivity contribution is 5.98. The lowest BCUT2D eigenvalue weighted by Gasteiger charge is -2.09. The first kappa shape index (κ1) is 18.0. The minimum Gasteiger partial charge on any atom is -0.0683 e. The zero-order valence-corrected chi connectivity index (χ0v) is 14.8. The molecule has 22 heavy (non-hydrogen) atoms. The van der Waals surface area contributed by atoms with E-state index in [1.807, 2.05) is 27.7 Å². The Hall–Kier alpha value is -2.08. The zero-order valence-electron chi connectivity index (χ0n) is 14.8. The summed E-state index contributed by atoms with van der Waals surface area (Å²) in [7, 11) is 0. The van der Waals surface area contributed by atoms with E-state index >= 15 is 0 Å². The molecule has 0 radical (unpaired) electrons.